The van der Waals surface area contributed by atoms with Gasteiger partial charge in [0.05, 0.1) is 4.90 Å². The fourth-order valence-electron chi connectivity index (χ4n) is 2.93. The average Bonchev–Trinajstić information content (AvgIpc) is 2.67. The van der Waals surface area contributed by atoms with Crippen LogP contribution in [0.2, 0.25) is 0 Å². The minimum absolute atomic E-state index is 0.130. The van der Waals surface area contributed by atoms with E-state index in [4.69, 9.17) is 0 Å². The van der Waals surface area contributed by atoms with Crippen LogP contribution in [0.3, 0.4) is 0 Å². The highest BCUT2D eigenvalue weighted by atomic mass is 32.2. The number of benzene rings is 1. The quantitative estimate of drug-likeness (QED) is 0.629. The van der Waals surface area contributed by atoms with E-state index in [0.717, 1.165) is 0 Å². The smallest absolute Gasteiger partial charge is 0.388 e. The zero-order valence-corrected chi connectivity index (χ0v) is 16.4. The number of pyridine rings is 1. The molecule has 1 aliphatic heterocycles. The van der Waals surface area contributed by atoms with Gasteiger partial charge in [-0.2, -0.15) is 22.5 Å². The number of halogens is 5. The molecule has 168 valence electrons. The van der Waals surface area contributed by atoms with Crippen molar-refractivity contribution in [3.8, 4) is 11.8 Å². The molecule has 0 saturated heterocycles. The molecule has 2 aromatic rings. The van der Waals surface area contributed by atoms with Gasteiger partial charge in [-0.3, -0.25) is 9.52 Å². The van der Waals surface area contributed by atoms with Crippen molar-refractivity contribution in [1.82, 2.24) is 9.88 Å². The highest BCUT2D eigenvalue weighted by Crippen LogP contribution is 2.33. The summed E-state index contributed by atoms with van der Waals surface area (Å²) in [6, 6.07) is 4.22. The molecule has 1 N–H and O–H groups in total. The van der Waals surface area contributed by atoms with E-state index in [2.05, 4.69) is 14.5 Å². The van der Waals surface area contributed by atoms with Gasteiger partial charge in [-0.15, -0.1) is 0 Å². The van der Waals surface area contributed by atoms with Crippen LogP contribution in [0, 0.1) is 5.82 Å². The Kier molecular flexibility index (Phi) is 6.20. The molecule has 3 rings (SSSR count). The third kappa shape index (κ3) is 4.78. The molecule has 31 heavy (non-hydrogen) atoms. The Morgan fingerprint density at radius 1 is 1.13 bits per heavy atom. The second kappa shape index (κ2) is 8.53. The van der Waals surface area contributed by atoms with Gasteiger partial charge in [-0.05, 0) is 24.1 Å². The molecule has 0 aliphatic carbocycles. The highest BCUT2D eigenvalue weighted by molar-refractivity contribution is 7.92. The molecule has 0 atom stereocenters. The Balaban J connectivity index is 2.04. The molecule has 1 aromatic carbocycles. The first-order valence-corrected chi connectivity index (χ1v) is 9.98. The zero-order valence-electron chi connectivity index (χ0n) is 15.6. The first kappa shape index (κ1) is 22.5. The molecule has 0 unspecified atom stereocenters. The van der Waals surface area contributed by atoms with Crippen molar-refractivity contribution >= 4 is 21.6 Å². The minimum atomic E-state index is -4.55. The summed E-state index contributed by atoms with van der Waals surface area (Å²) in [4.78, 5) is 16.4. The van der Waals surface area contributed by atoms with Crippen LogP contribution in [-0.2, 0) is 16.4 Å². The van der Waals surface area contributed by atoms with E-state index in [9.17, 15) is 35.2 Å². The summed E-state index contributed by atoms with van der Waals surface area (Å²) in [5, 5.41) is 0. The fourth-order valence-corrected chi connectivity index (χ4v) is 4.27. The van der Waals surface area contributed by atoms with Crippen LogP contribution in [0.25, 0.3) is 0 Å². The number of nitrogens with one attached hydrogen (secondary N) is 1. The van der Waals surface area contributed by atoms with Crippen LogP contribution < -0.4 is 14.2 Å². The molecular weight excluding hydrogens is 453 g/mol. The topological polar surface area (TPSA) is 97.8 Å². The number of ether oxygens (including phenoxy) is 2. The Hall–Kier alpha value is -3.16. The van der Waals surface area contributed by atoms with E-state index in [-0.39, 0.29) is 29.0 Å². The van der Waals surface area contributed by atoms with E-state index in [1.165, 1.54) is 30.1 Å². The molecule has 0 bridgehead atoms. The summed E-state index contributed by atoms with van der Waals surface area (Å²) in [5.74, 6) is -4.51. The van der Waals surface area contributed by atoms with Gasteiger partial charge in [-0.1, -0.05) is 6.07 Å². The molecule has 1 aliphatic rings. The van der Waals surface area contributed by atoms with Crippen LogP contribution >= 0.6 is 0 Å². The van der Waals surface area contributed by atoms with Gasteiger partial charge in [0.25, 0.3) is 21.8 Å². The molecular formula is C17H14F5N3O5S. The largest absolute Gasteiger partial charge is 0.415 e. The number of nitrogens with zero attached hydrogens (tertiary/aromatic N) is 2. The van der Waals surface area contributed by atoms with Crippen molar-refractivity contribution in [3.63, 3.8) is 0 Å². The standard InChI is InChI=1S/C17H14F5N3O5S/c1-25-6-5-8-9(15(25)26)3-2-4-12(8)31(27,28)24-11-7-10(18)13(29-16(19)20)23-14(11)30-17(21)22/h2-4,7,16-17,24H,5-6H2,1H3. The van der Waals surface area contributed by atoms with Crippen molar-refractivity contribution in [1.29, 1.82) is 0 Å². The van der Waals surface area contributed by atoms with Crippen molar-refractivity contribution < 1.29 is 44.6 Å². The maximum absolute atomic E-state index is 14.0. The van der Waals surface area contributed by atoms with E-state index < -0.39 is 52.4 Å². The highest BCUT2D eigenvalue weighted by Gasteiger charge is 2.30. The van der Waals surface area contributed by atoms with E-state index >= 15 is 0 Å². The number of carbonyl (C=O) groups excluding carboxylic acids is 1. The van der Waals surface area contributed by atoms with Crippen LogP contribution in [-0.4, -0.2) is 51.0 Å². The second-order valence-electron chi connectivity index (χ2n) is 6.25. The number of amides is 1. The van der Waals surface area contributed by atoms with Crippen LogP contribution in [0.5, 0.6) is 11.8 Å². The summed E-state index contributed by atoms with van der Waals surface area (Å²) in [6.07, 6.45) is 0.183. The normalized spacial score (nSPS) is 14.1. The number of rotatable bonds is 7. The van der Waals surface area contributed by atoms with Gasteiger partial charge in [0.1, 0.15) is 5.69 Å². The zero-order chi connectivity index (χ0) is 22.9. The number of sulfonamides is 1. The Morgan fingerprint density at radius 3 is 2.42 bits per heavy atom. The molecule has 14 heteroatoms. The number of anilines is 1. The molecule has 1 aromatic heterocycles. The Morgan fingerprint density at radius 2 is 1.77 bits per heavy atom. The SMILES string of the molecule is CN1CCc2c(cccc2S(=O)(=O)Nc2cc(F)c(OC(F)F)nc2OC(F)F)C1=O. The predicted molar refractivity (Wildman–Crippen MR) is 95.4 cm³/mol. The second-order valence-corrected chi connectivity index (χ2v) is 7.90. The lowest BCUT2D eigenvalue weighted by atomic mass is 9.99. The molecule has 0 spiro atoms. The average molecular weight is 467 g/mol. The van der Waals surface area contributed by atoms with Crippen molar-refractivity contribution in [2.75, 3.05) is 18.3 Å². The fraction of sp³-hybridized carbons (Fsp3) is 0.294. The molecule has 0 saturated carbocycles. The lowest BCUT2D eigenvalue weighted by molar-refractivity contribution is -0.0616. The molecule has 2 heterocycles. The van der Waals surface area contributed by atoms with Crippen molar-refractivity contribution in [3.05, 3.63) is 41.2 Å². The first-order chi connectivity index (χ1) is 14.5. The number of hydrogen-bond donors (Lipinski definition) is 1. The number of hydrogen-bond acceptors (Lipinski definition) is 6. The monoisotopic (exact) mass is 467 g/mol. The first-order valence-electron chi connectivity index (χ1n) is 8.50. The summed E-state index contributed by atoms with van der Waals surface area (Å²) in [5.41, 5.74) is -0.567. The van der Waals surface area contributed by atoms with Gasteiger partial charge in [-0.25, -0.2) is 12.8 Å². The number of aromatic nitrogens is 1. The number of fused-ring (bicyclic) bond motifs is 1. The minimum Gasteiger partial charge on any atom is -0.415 e. The Bertz CT molecular complexity index is 1110. The van der Waals surface area contributed by atoms with Crippen molar-refractivity contribution in [2.24, 2.45) is 0 Å². The van der Waals surface area contributed by atoms with Crippen molar-refractivity contribution in [2.45, 2.75) is 24.5 Å². The third-order valence-electron chi connectivity index (χ3n) is 4.25. The number of carbonyl (C=O) groups is 1. The molecule has 1 amide bonds. The number of likely N-dealkylation sites (N-methyl/N-ethyl adjacent to an activating group) is 1. The summed E-state index contributed by atoms with van der Waals surface area (Å²) in [7, 11) is -3.01. The van der Waals surface area contributed by atoms with E-state index in [1.807, 2.05) is 4.72 Å². The molecule has 8 nitrogen and oxygen atoms in total. The van der Waals surface area contributed by atoms with E-state index in [1.54, 1.807) is 0 Å². The Labute approximate surface area is 172 Å². The van der Waals surface area contributed by atoms with Gasteiger partial charge in [0.2, 0.25) is 5.88 Å². The van der Waals surface area contributed by atoms with Crippen LogP contribution in [0.4, 0.5) is 27.6 Å². The van der Waals surface area contributed by atoms with Gasteiger partial charge < -0.3 is 14.4 Å². The van der Waals surface area contributed by atoms with Gasteiger partial charge in [0, 0.05) is 25.2 Å². The summed E-state index contributed by atoms with van der Waals surface area (Å²) < 4.78 is 99.5. The van der Waals surface area contributed by atoms with E-state index in [0.29, 0.717) is 6.07 Å². The summed E-state index contributed by atoms with van der Waals surface area (Å²) in [6.45, 7) is -6.82. The van der Waals surface area contributed by atoms with Gasteiger partial charge >= 0.3 is 13.2 Å². The lowest BCUT2D eigenvalue weighted by Crippen LogP contribution is -2.35. The molecule has 0 fully saturated rings. The summed E-state index contributed by atoms with van der Waals surface area (Å²) >= 11 is 0. The van der Waals surface area contributed by atoms with Gasteiger partial charge in [0.15, 0.2) is 5.82 Å². The lowest BCUT2D eigenvalue weighted by Gasteiger charge is -2.26. The van der Waals surface area contributed by atoms with Crippen LogP contribution in [0.15, 0.2) is 29.2 Å². The molecule has 0 radical (unpaired) electrons. The number of alkyl halides is 4. The van der Waals surface area contributed by atoms with Crippen LogP contribution in [0.1, 0.15) is 15.9 Å². The maximum atomic E-state index is 14.0. The predicted octanol–water partition coefficient (Wildman–Crippen LogP) is 2.85. The third-order valence-corrected chi connectivity index (χ3v) is 5.70. The maximum Gasteiger partial charge on any atom is 0.388 e.